The van der Waals surface area contributed by atoms with Gasteiger partial charge in [-0.3, -0.25) is 9.59 Å². The van der Waals surface area contributed by atoms with Crippen LogP contribution in [0, 0.1) is 10.1 Å². The van der Waals surface area contributed by atoms with Crippen LogP contribution in [-0.4, -0.2) is 35.3 Å². The van der Waals surface area contributed by atoms with Crippen LogP contribution in [0.2, 0.25) is 0 Å². The SMILES string of the molecule is O=C(CCCCC(=O)O[N+](=O)[O-])OCCCCO. The summed E-state index contributed by atoms with van der Waals surface area (Å²) in [5.41, 5.74) is 0. The van der Waals surface area contributed by atoms with Crippen LogP contribution < -0.4 is 0 Å². The predicted molar refractivity (Wildman–Crippen MR) is 58.8 cm³/mol. The second kappa shape index (κ2) is 10.5. The smallest absolute Gasteiger partial charge is 0.305 e. The van der Waals surface area contributed by atoms with Crippen molar-refractivity contribution in [2.24, 2.45) is 0 Å². The highest BCUT2D eigenvalue weighted by molar-refractivity contribution is 5.70. The van der Waals surface area contributed by atoms with Crippen LogP contribution in [-0.2, 0) is 19.2 Å². The van der Waals surface area contributed by atoms with Crippen molar-refractivity contribution in [3.63, 3.8) is 0 Å². The zero-order valence-electron chi connectivity index (χ0n) is 10.0. The fourth-order valence-corrected chi connectivity index (χ4v) is 1.14. The largest absolute Gasteiger partial charge is 0.466 e. The van der Waals surface area contributed by atoms with E-state index in [4.69, 9.17) is 9.84 Å². The Kier molecular flexibility index (Phi) is 9.47. The minimum absolute atomic E-state index is 0.0656. The highest BCUT2D eigenvalue weighted by Crippen LogP contribution is 2.03. The van der Waals surface area contributed by atoms with Gasteiger partial charge in [0.25, 0.3) is 0 Å². The van der Waals surface area contributed by atoms with E-state index in [0.717, 1.165) is 0 Å². The molecule has 0 unspecified atom stereocenters. The molecule has 8 nitrogen and oxygen atoms in total. The maximum Gasteiger partial charge on any atom is 0.305 e. The van der Waals surface area contributed by atoms with Crippen molar-refractivity contribution in [1.82, 2.24) is 0 Å². The first-order valence-corrected chi connectivity index (χ1v) is 5.68. The first kappa shape index (κ1) is 16.3. The monoisotopic (exact) mass is 263 g/mol. The fraction of sp³-hybridized carbons (Fsp3) is 0.800. The average molecular weight is 263 g/mol. The molecule has 0 saturated heterocycles. The Labute approximate surface area is 104 Å². The Balaban J connectivity index is 3.40. The van der Waals surface area contributed by atoms with E-state index in [-0.39, 0.29) is 32.0 Å². The van der Waals surface area contributed by atoms with Gasteiger partial charge in [0.05, 0.1) is 6.61 Å². The second-order valence-corrected chi connectivity index (χ2v) is 3.55. The highest BCUT2D eigenvalue weighted by atomic mass is 17.0. The molecule has 0 aliphatic heterocycles. The van der Waals surface area contributed by atoms with Crippen molar-refractivity contribution in [3.05, 3.63) is 10.1 Å². The molecule has 0 radical (unpaired) electrons. The number of carbonyl (C=O) groups excluding carboxylic acids is 2. The van der Waals surface area contributed by atoms with Gasteiger partial charge >= 0.3 is 17.0 Å². The van der Waals surface area contributed by atoms with E-state index in [0.29, 0.717) is 25.7 Å². The third-order valence-electron chi connectivity index (χ3n) is 2.00. The van der Waals surface area contributed by atoms with Gasteiger partial charge in [0.1, 0.15) is 0 Å². The lowest BCUT2D eigenvalue weighted by Crippen LogP contribution is -2.10. The number of esters is 1. The summed E-state index contributed by atoms with van der Waals surface area (Å²) < 4.78 is 4.84. The third-order valence-corrected chi connectivity index (χ3v) is 2.00. The van der Waals surface area contributed by atoms with E-state index in [1.807, 2.05) is 0 Å². The molecule has 0 bridgehead atoms. The Morgan fingerprint density at radius 3 is 2.22 bits per heavy atom. The number of hydrogen-bond donors (Lipinski definition) is 1. The Hall–Kier alpha value is -1.70. The van der Waals surface area contributed by atoms with Gasteiger partial charge in [-0.15, -0.1) is 10.1 Å². The number of nitrogens with zero attached hydrogens (tertiary/aromatic N) is 1. The molecule has 0 amide bonds. The summed E-state index contributed by atoms with van der Waals surface area (Å²) in [6.07, 6.45) is 1.99. The molecule has 0 spiro atoms. The quantitative estimate of drug-likeness (QED) is 0.265. The summed E-state index contributed by atoms with van der Waals surface area (Å²) in [4.78, 5) is 35.3. The van der Waals surface area contributed by atoms with E-state index in [1.54, 1.807) is 0 Å². The molecular weight excluding hydrogens is 246 g/mol. The molecule has 0 rings (SSSR count). The lowest BCUT2D eigenvalue weighted by Gasteiger charge is -2.03. The normalized spacial score (nSPS) is 9.83. The van der Waals surface area contributed by atoms with Crippen molar-refractivity contribution in [2.75, 3.05) is 13.2 Å². The molecular formula is C10H17NO7. The van der Waals surface area contributed by atoms with E-state index < -0.39 is 11.1 Å². The molecule has 0 aromatic carbocycles. The molecule has 0 fully saturated rings. The van der Waals surface area contributed by atoms with Crippen LogP contribution in [0.15, 0.2) is 0 Å². The van der Waals surface area contributed by atoms with Gasteiger partial charge in [-0.25, -0.2) is 4.84 Å². The zero-order chi connectivity index (χ0) is 13.8. The van der Waals surface area contributed by atoms with Crippen LogP contribution >= 0.6 is 0 Å². The summed E-state index contributed by atoms with van der Waals surface area (Å²) in [5, 5.41) is 17.1. The summed E-state index contributed by atoms with van der Waals surface area (Å²) in [6.45, 7) is 0.332. The van der Waals surface area contributed by atoms with E-state index >= 15 is 0 Å². The lowest BCUT2D eigenvalue weighted by atomic mass is 10.2. The van der Waals surface area contributed by atoms with Crippen LogP contribution in [0.3, 0.4) is 0 Å². The van der Waals surface area contributed by atoms with Crippen molar-refractivity contribution < 1.29 is 29.4 Å². The maximum absolute atomic E-state index is 11.1. The van der Waals surface area contributed by atoms with Crippen LogP contribution in [0.1, 0.15) is 38.5 Å². The summed E-state index contributed by atoms with van der Waals surface area (Å²) >= 11 is 0. The molecule has 0 aromatic heterocycles. The zero-order valence-corrected chi connectivity index (χ0v) is 10.0. The van der Waals surface area contributed by atoms with Crippen molar-refractivity contribution in [1.29, 1.82) is 0 Å². The fourth-order valence-electron chi connectivity index (χ4n) is 1.14. The number of aliphatic hydroxyl groups excluding tert-OH is 1. The van der Waals surface area contributed by atoms with Crippen LogP contribution in [0.5, 0.6) is 0 Å². The van der Waals surface area contributed by atoms with Crippen LogP contribution in [0.25, 0.3) is 0 Å². The van der Waals surface area contributed by atoms with Crippen molar-refractivity contribution in [3.8, 4) is 0 Å². The first-order valence-electron chi connectivity index (χ1n) is 5.68. The van der Waals surface area contributed by atoms with E-state index in [2.05, 4.69) is 4.84 Å². The molecule has 104 valence electrons. The number of hydrogen-bond acceptors (Lipinski definition) is 7. The summed E-state index contributed by atoms with van der Waals surface area (Å²) in [6, 6.07) is 0. The minimum atomic E-state index is -1.16. The molecule has 0 aliphatic carbocycles. The number of rotatable bonds is 10. The van der Waals surface area contributed by atoms with Gasteiger partial charge in [0.2, 0.25) is 0 Å². The van der Waals surface area contributed by atoms with Gasteiger partial charge < -0.3 is 9.84 Å². The van der Waals surface area contributed by atoms with Crippen molar-refractivity contribution in [2.45, 2.75) is 38.5 Å². The van der Waals surface area contributed by atoms with E-state index in [1.165, 1.54) is 0 Å². The number of aliphatic hydroxyl groups is 1. The van der Waals surface area contributed by atoms with E-state index in [9.17, 15) is 19.7 Å². The Morgan fingerprint density at radius 2 is 1.67 bits per heavy atom. The van der Waals surface area contributed by atoms with Gasteiger partial charge in [-0.2, -0.15) is 0 Å². The molecule has 8 heteroatoms. The Morgan fingerprint density at radius 1 is 1.06 bits per heavy atom. The Bertz CT molecular complexity index is 279. The third kappa shape index (κ3) is 10.8. The summed E-state index contributed by atoms with van der Waals surface area (Å²) in [7, 11) is 0. The van der Waals surface area contributed by atoms with Gasteiger partial charge in [-0.1, -0.05) is 0 Å². The molecule has 0 atom stereocenters. The van der Waals surface area contributed by atoms with Gasteiger partial charge in [-0.05, 0) is 25.7 Å². The van der Waals surface area contributed by atoms with Gasteiger partial charge in [0, 0.05) is 19.4 Å². The number of ether oxygens (including phenoxy) is 1. The number of carbonyl (C=O) groups is 2. The lowest BCUT2D eigenvalue weighted by molar-refractivity contribution is -0.729. The maximum atomic E-state index is 11.1. The van der Waals surface area contributed by atoms with Crippen LogP contribution in [0.4, 0.5) is 0 Å². The highest BCUT2D eigenvalue weighted by Gasteiger charge is 2.08. The second-order valence-electron chi connectivity index (χ2n) is 3.55. The molecule has 0 saturated carbocycles. The minimum Gasteiger partial charge on any atom is -0.466 e. The van der Waals surface area contributed by atoms with Crippen molar-refractivity contribution >= 4 is 11.9 Å². The molecule has 1 N–H and O–H groups in total. The predicted octanol–water partition coefficient (Wildman–Crippen LogP) is 0.597. The number of unbranched alkanes of at least 4 members (excludes halogenated alkanes) is 2. The van der Waals surface area contributed by atoms with Gasteiger partial charge in [0.15, 0.2) is 0 Å². The standard InChI is InChI=1S/C10H17NO7/c12-7-3-4-8-17-9(13)5-1-2-6-10(14)18-11(15)16/h12H,1-8H2. The molecule has 0 aromatic rings. The average Bonchev–Trinajstić information content (AvgIpc) is 2.29. The topological polar surface area (TPSA) is 116 Å². The molecule has 0 aliphatic rings. The molecule has 18 heavy (non-hydrogen) atoms. The first-order chi connectivity index (χ1) is 8.56. The summed E-state index contributed by atoms with van der Waals surface area (Å²) in [5.74, 6) is -1.30. The molecule has 0 heterocycles.